The summed E-state index contributed by atoms with van der Waals surface area (Å²) in [6.45, 7) is 9.16. The Morgan fingerprint density at radius 3 is 2.40 bits per heavy atom. The zero-order valence-electron chi connectivity index (χ0n) is 10.7. The van der Waals surface area contributed by atoms with Gasteiger partial charge in [0.05, 0.1) is 6.10 Å². The molecule has 1 N–H and O–H groups in total. The van der Waals surface area contributed by atoms with Crippen LogP contribution in [0.15, 0.2) is 12.2 Å². The van der Waals surface area contributed by atoms with Gasteiger partial charge in [-0.05, 0) is 36.5 Å². The standard InChI is InChI=1S/C14H26O/c1-5-12(15)8-6-10-14(4)11-7-9-13(14,2)3/h6,8,12,15H,5,7,9-11H2,1-4H3. The van der Waals surface area contributed by atoms with Gasteiger partial charge in [-0.2, -0.15) is 0 Å². The van der Waals surface area contributed by atoms with Crippen LogP contribution in [0.1, 0.15) is 59.8 Å². The molecule has 1 aliphatic rings. The SMILES string of the molecule is CCC(O)C=CCC1(C)CCCC1(C)C. The molecule has 0 aromatic rings. The quantitative estimate of drug-likeness (QED) is 0.697. The lowest BCUT2D eigenvalue weighted by Gasteiger charge is -2.38. The minimum absolute atomic E-state index is 0.252. The van der Waals surface area contributed by atoms with Gasteiger partial charge in [-0.1, -0.05) is 46.3 Å². The van der Waals surface area contributed by atoms with Crippen molar-refractivity contribution in [2.45, 2.75) is 65.9 Å². The van der Waals surface area contributed by atoms with Gasteiger partial charge in [-0.3, -0.25) is 0 Å². The third kappa shape index (κ3) is 2.84. The summed E-state index contributed by atoms with van der Waals surface area (Å²) < 4.78 is 0. The minimum Gasteiger partial charge on any atom is -0.389 e. The molecule has 1 heteroatoms. The van der Waals surface area contributed by atoms with Crippen molar-refractivity contribution >= 4 is 0 Å². The van der Waals surface area contributed by atoms with Crippen LogP contribution in [-0.4, -0.2) is 11.2 Å². The van der Waals surface area contributed by atoms with Crippen molar-refractivity contribution in [1.82, 2.24) is 0 Å². The second-order valence-corrected chi connectivity index (χ2v) is 5.91. The van der Waals surface area contributed by atoms with Gasteiger partial charge in [-0.25, -0.2) is 0 Å². The summed E-state index contributed by atoms with van der Waals surface area (Å²) in [6, 6.07) is 0. The molecular formula is C14H26O. The number of allylic oxidation sites excluding steroid dienone is 1. The second kappa shape index (κ2) is 4.69. The topological polar surface area (TPSA) is 20.2 Å². The normalized spacial score (nSPS) is 32.3. The van der Waals surface area contributed by atoms with Gasteiger partial charge in [0.25, 0.3) is 0 Å². The van der Waals surface area contributed by atoms with E-state index in [1.807, 2.05) is 13.0 Å². The highest BCUT2D eigenvalue weighted by Crippen LogP contribution is 2.54. The maximum Gasteiger partial charge on any atom is 0.0718 e. The fraction of sp³-hybridized carbons (Fsp3) is 0.857. The van der Waals surface area contributed by atoms with E-state index in [2.05, 4.69) is 26.8 Å². The molecule has 88 valence electrons. The monoisotopic (exact) mass is 210 g/mol. The molecule has 15 heavy (non-hydrogen) atoms. The molecule has 1 fully saturated rings. The van der Waals surface area contributed by atoms with Gasteiger partial charge < -0.3 is 5.11 Å². The lowest BCUT2D eigenvalue weighted by Crippen LogP contribution is -2.28. The van der Waals surface area contributed by atoms with Crippen LogP contribution in [0.5, 0.6) is 0 Å². The lowest BCUT2D eigenvalue weighted by molar-refractivity contribution is 0.135. The van der Waals surface area contributed by atoms with E-state index >= 15 is 0 Å². The van der Waals surface area contributed by atoms with Crippen LogP contribution in [0.4, 0.5) is 0 Å². The van der Waals surface area contributed by atoms with Gasteiger partial charge >= 0.3 is 0 Å². The molecule has 1 aliphatic carbocycles. The highest BCUT2D eigenvalue weighted by Gasteiger charge is 2.43. The number of hydrogen-bond acceptors (Lipinski definition) is 1. The zero-order chi connectivity index (χ0) is 11.5. The van der Waals surface area contributed by atoms with E-state index in [0.29, 0.717) is 10.8 Å². The first kappa shape index (κ1) is 12.8. The number of hydrogen-bond donors (Lipinski definition) is 1. The zero-order valence-corrected chi connectivity index (χ0v) is 10.7. The summed E-state index contributed by atoms with van der Waals surface area (Å²) >= 11 is 0. The summed E-state index contributed by atoms with van der Waals surface area (Å²) in [6.07, 6.45) is 9.83. The first-order valence-corrected chi connectivity index (χ1v) is 6.26. The van der Waals surface area contributed by atoms with Crippen molar-refractivity contribution in [3.8, 4) is 0 Å². The van der Waals surface area contributed by atoms with Crippen molar-refractivity contribution in [2.24, 2.45) is 10.8 Å². The van der Waals surface area contributed by atoms with Gasteiger partial charge in [0, 0.05) is 0 Å². The first-order valence-electron chi connectivity index (χ1n) is 6.26. The average molecular weight is 210 g/mol. The Morgan fingerprint density at radius 2 is 1.93 bits per heavy atom. The molecule has 2 atom stereocenters. The van der Waals surface area contributed by atoms with Crippen molar-refractivity contribution in [2.75, 3.05) is 0 Å². The maximum atomic E-state index is 9.46. The Bertz CT molecular complexity index is 229. The van der Waals surface area contributed by atoms with Crippen LogP contribution >= 0.6 is 0 Å². The number of aliphatic hydroxyl groups is 1. The molecule has 0 bridgehead atoms. The molecule has 0 aliphatic heterocycles. The van der Waals surface area contributed by atoms with Gasteiger partial charge in [0.2, 0.25) is 0 Å². The molecule has 0 radical (unpaired) electrons. The van der Waals surface area contributed by atoms with Crippen LogP contribution in [-0.2, 0) is 0 Å². The third-order valence-corrected chi connectivity index (χ3v) is 4.51. The smallest absolute Gasteiger partial charge is 0.0718 e. The van der Waals surface area contributed by atoms with Crippen LogP contribution < -0.4 is 0 Å². The van der Waals surface area contributed by atoms with Gasteiger partial charge in [-0.15, -0.1) is 0 Å². The summed E-state index contributed by atoms with van der Waals surface area (Å²) in [7, 11) is 0. The molecule has 1 saturated carbocycles. The van der Waals surface area contributed by atoms with E-state index in [0.717, 1.165) is 12.8 Å². The van der Waals surface area contributed by atoms with Crippen LogP contribution in [0.2, 0.25) is 0 Å². The summed E-state index contributed by atoms with van der Waals surface area (Å²) in [5.41, 5.74) is 0.880. The molecular weight excluding hydrogens is 184 g/mol. The van der Waals surface area contributed by atoms with Crippen molar-refractivity contribution in [3.05, 3.63) is 12.2 Å². The molecule has 1 nitrogen and oxygen atoms in total. The predicted octanol–water partition coefficient (Wildman–Crippen LogP) is 3.92. The Labute approximate surface area is 94.6 Å². The van der Waals surface area contributed by atoms with E-state index in [1.54, 1.807) is 0 Å². The molecule has 0 aromatic carbocycles. The van der Waals surface area contributed by atoms with Crippen molar-refractivity contribution in [1.29, 1.82) is 0 Å². The third-order valence-electron chi connectivity index (χ3n) is 4.51. The highest BCUT2D eigenvalue weighted by molar-refractivity contribution is 5.01. The van der Waals surface area contributed by atoms with Crippen LogP contribution in [0.3, 0.4) is 0 Å². The summed E-state index contributed by atoms with van der Waals surface area (Å²) in [4.78, 5) is 0. The Morgan fingerprint density at radius 1 is 1.27 bits per heavy atom. The minimum atomic E-state index is -0.252. The van der Waals surface area contributed by atoms with Gasteiger partial charge in [0.15, 0.2) is 0 Å². The second-order valence-electron chi connectivity index (χ2n) is 5.91. The fourth-order valence-electron chi connectivity index (χ4n) is 2.56. The van der Waals surface area contributed by atoms with E-state index in [9.17, 15) is 5.11 Å². The summed E-state index contributed by atoms with van der Waals surface area (Å²) in [5.74, 6) is 0. The van der Waals surface area contributed by atoms with E-state index in [1.165, 1.54) is 19.3 Å². The molecule has 0 aromatic heterocycles. The molecule has 0 heterocycles. The van der Waals surface area contributed by atoms with E-state index in [4.69, 9.17) is 0 Å². The number of aliphatic hydroxyl groups excluding tert-OH is 1. The molecule has 2 unspecified atom stereocenters. The van der Waals surface area contributed by atoms with Crippen molar-refractivity contribution in [3.63, 3.8) is 0 Å². The number of rotatable bonds is 4. The lowest BCUT2D eigenvalue weighted by atomic mass is 9.67. The van der Waals surface area contributed by atoms with Crippen LogP contribution in [0, 0.1) is 10.8 Å². The highest BCUT2D eigenvalue weighted by atomic mass is 16.3. The first-order chi connectivity index (χ1) is 6.91. The van der Waals surface area contributed by atoms with Crippen molar-refractivity contribution < 1.29 is 5.11 Å². The predicted molar refractivity (Wildman–Crippen MR) is 65.8 cm³/mol. The Balaban J connectivity index is 2.54. The molecule has 1 rings (SSSR count). The summed E-state index contributed by atoms with van der Waals surface area (Å²) in [5, 5.41) is 9.46. The Kier molecular flexibility index (Phi) is 3.99. The van der Waals surface area contributed by atoms with E-state index in [-0.39, 0.29) is 6.10 Å². The van der Waals surface area contributed by atoms with Crippen LogP contribution in [0.25, 0.3) is 0 Å². The molecule has 0 amide bonds. The largest absolute Gasteiger partial charge is 0.389 e. The Hall–Kier alpha value is -0.300. The van der Waals surface area contributed by atoms with E-state index < -0.39 is 0 Å². The molecule has 0 spiro atoms. The fourth-order valence-corrected chi connectivity index (χ4v) is 2.56. The van der Waals surface area contributed by atoms with Gasteiger partial charge in [0.1, 0.15) is 0 Å². The maximum absolute atomic E-state index is 9.46. The molecule has 0 saturated heterocycles. The average Bonchev–Trinajstić information content (AvgIpc) is 2.41.